The van der Waals surface area contributed by atoms with Crippen LogP contribution in [0.15, 0.2) is 89.8 Å². The van der Waals surface area contributed by atoms with E-state index in [2.05, 4.69) is 5.32 Å². The smallest absolute Gasteiger partial charge is 0.243 e. The highest BCUT2D eigenvalue weighted by Gasteiger charge is 2.30. The maximum Gasteiger partial charge on any atom is 0.243 e. The van der Waals surface area contributed by atoms with E-state index >= 15 is 0 Å². The van der Waals surface area contributed by atoms with Crippen LogP contribution in [0.1, 0.15) is 43.4 Å². The molecule has 0 aliphatic heterocycles. The number of aryl methyl sites for hydroxylation is 1. The fourth-order valence-corrected chi connectivity index (χ4v) is 5.59. The van der Waals surface area contributed by atoms with E-state index in [0.29, 0.717) is 19.4 Å². The van der Waals surface area contributed by atoms with Crippen LogP contribution in [0.2, 0.25) is 0 Å². The van der Waals surface area contributed by atoms with Crippen LogP contribution in [-0.4, -0.2) is 55.6 Å². The summed E-state index contributed by atoms with van der Waals surface area (Å²) in [7, 11) is -2.13. The number of nitrogens with one attached hydrogen (secondary N) is 1. The molecule has 0 bridgehead atoms. The zero-order chi connectivity index (χ0) is 29.1. The first-order chi connectivity index (χ1) is 19.1. The third-order valence-electron chi connectivity index (χ3n) is 6.74. The van der Waals surface area contributed by atoms with Gasteiger partial charge in [-0.25, -0.2) is 12.7 Å². The number of hydrogen-bond acceptors (Lipinski definition) is 4. The molecule has 40 heavy (non-hydrogen) atoms. The van der Waals surface area contributed by atoms with Gasteiger partial charge in [0.2, 0.25) is 21.8 Å². The van der Waals surface area contributed by atoms with E-state index in [1.807, 2.05) is 75.4 Å². The van der Waals surface area contributed by atoms with Gasteiger partial charge < -0.3 is 10.2 Å². The minimum atomic E-state index is -3.65. The molecule has 0 radical (unpaired) electrons. The van der Waals surface area contributed by atoms with Gasteiger partial charge in [0.05, 0.1) is 4.90 Å². The molecule has 0 aliphatic carbocycles. The van der Waals surface area contributed by atoms with Crippen molar-refractivity contribution >= 4 is 21.8 Å². The summed E-state index contributed by atoms with van der Waals surface area (Å²) in [6, 6.07) is 25.2. The molecule has 0 unspecified atom stereocenters. The number of sulfonamides is 1. The molecular weight excluding hydrogens is 522 g/mol. The lowest BCUT2D eigenvalue weighted by Crippen LogP contribution is -2.51. The Labute approximate surface area is 239 Å². The van der Waals surface area contributed by atoms with Crippen molar-refractivity contribution in [2.24, 2.45) is 5.92 Å². The summed E-state index contributed by atoms with van der Waals surface area (Å²) in [6.07, 6.45) is 0.825. The van der Waals surface area contributed by atoms with Gasteiger partial charge in [-0.15, -0.1) is 0 Å². The van der Waals surface area contributed by atoms with Gasteiger partial charge in [-0.2, -0.15) is 0 Å². The normalized spacial score (nSPS) is 12.3. The van der Waals surface area contributed by atoms with Gasteiger partial charge in [-0.1, -0.05) is 92.2 Å². The van der Waals surface area contributed by atoms with Crippen LogP contribution in [0, 0.1) is 12.8 Å². The van der Waals surface area contributed by atoms with E-state index in [1.165, 1.54) is 11.4 Å². The van der Waals surface area contributed by atoms with Gasteiger partial charge in [-0.05, 0) is 42.5 Å². The molecule has 0 spiro atoms. The largest absolute Gasteiger partial charge is 0.354 e. The van der Waals surface area contributed by atoms with Crippen molar-refractivity contribution < 1.29 is 18.0 Å². The number of carbonyl (C=O) groups is 2. The zero-order valence-electron chi connectivity index (χ0n) is 23.9. The SMILES string of the molecule is Cc1ccc(CN(C(=O)CCCN(C)S(=O)(=O)c2ccccc2)[C@@H](Cc2ccccc2)C(=O)NCC(C)C)cc1. The second-order valence-corrected chi connectivity index (χ2v) is 12.6. The van der Waals surface area contributed by atoms with Crippen LogP contribution in [0.25, 0.3) is 0 Å². The van der Waals surface area contributed by atoms with Gasteiger partial charge in [0.1, 0.15) is 6.04 Å². The number of amides is 2. The fraction of sp³-hybridized carbons (Fsp3) is 0.375. The Morgan fingerprint density at radius 1 is 0.850 bits per heavy atom. The minimum absolute atomic E-state index is 0.114. The third kappa shape index (κ3) is 9.03. The van der Waals surface area contributed by atoms with Crippen molar-refractivity contribution in [3.05, 3.63) is 102 Å². The van der Waals surface area contributed by atoms with Crippen LogP contribution in [0.4, 0.5) is 0 Å². The Morgan fingerprint density at radius 3 is 2.05 bits per heavy atom. The Hall–Kier alpha value is -3.49. The molecular formula is C32H41N3O4S. The summed E-state index contributed by atoms with van der Waals surface area (Å²) >= 11 is 0. The summed E-state index contributed by atoms with van der Waals surface area (Å²) in [5.74, 6) is -0.113. The molecule has 0 saturated heterocycles. The van der Waals surface area contributed by atoms with Crippen LogP contribution in [-0.2, 0) is 32.6 Å². The molecule has 3 aromatic carbocycles. The predicted molar refractivity (Wildman–Crippen MR) is 159 cm³/mol. The molecule has 0 aliphatic rings. The maximum absolute atomic E-state index is 13.8. The van der Waals surface area contributed by atoms with Gasteiger partial charge in [0, 0.05) is 39.5 Å². The highest BCUT2D eigenvalue weighted by molar-refractivity contribution is 7.89. The van der Waals surface area contributed by atoms with Crippen LogP contribution in [0.3, 0.4) is 0 Å². The highest BCUT2D eigenvalue weighted by atomic mass is 32.2. The van der Waals surface area contributed by atoms with Crippen molar-refractivity contribution in [1.29, 1.82) is 0 Å². The summed E-state index contributed by atoms with van der Waals surface area (Å²) in [6.45, 7) is 7.04. The van der Waals surface area contributed by atoms with Gasteiger partial charge in [-0.3, -0.25) is 9.59 Å². The van der Waals surface area contributed by atoms with E-state index < -0.39 is 16.1 Å². The van der Waals surface area contributed by atoms with Gasteiger partial charge in [0.15, 0.2) is 0 Å². The molecule has 8 heteroatoms. The van der Waals surface area contributed by atoms with Gasteiger partial charge >= 0.3 is 0 Å². The molecule has 7 nitrogen and oxygen atoms in total. The quantitative estimate of drug-likeness (QED) is 0.305. The number of carbonyl (C=O) groups excluding carboxylic acids is 2. The maximum atomic E-state index is 13.8. The minimum Gasteiger partial charge on any atom is -0.354 e. The summed E-state index contributed by atoms with van der Waals surface area (Å²) in [5.41, 5.74) is 3.00. The van der Waals surface area contributed by atoms with E-state index in [-0.39, 0.29) is 42.1 Å². The monoisotopic (exact) mass is 563 g/mol. The Morgan fingerprint density at radius 2 is 1.45 bits per heavy atom. The molecule has 0 aromatic heterocycles. The van der Waals surface area contributed by atoms with E-state index in [9.17, 15) is 18.0 Å². The molecule has 2 amide bonds. The third-order valence-corrected chi connectivity index (χ3v) is 8.62. The second-order valence-electron chi connectivity index (χ2n) is 10.6. The van der Waals surface area contributed by atoms with E-state index in [1.54, 1.807) is 35.2 Å². The lowest BCUT2D eigenvalue weighted by molar-refractivity contribution is -0.141. The highest BCUT2D eigenvalue weighted by Crippen LogP contribution is 2.18. The van der Waals surface area contributed by atoms with Crippen molar-refractivity contribution in [2.45, 2.75) is 57.5 Å². The first-order valence-corrected chi connectivity index (χ1v) is 15.2. The Bertz CT molecular complexity index is 1330. The topological polar surface area (TPSA) is 86.8 Å². The van der Waals surface area contributed by atoms with E-state index in [0.717, 1.165) is 16.7 Å². The van der Waals surface area contributed by atoms with Gasteiger partial charge in [0.25, 0.3) is 0 Å². The predicted octanol–water partition coefficient (Wildman–Crippen LogP) is 4.81. The number of nitrogens with zero attached hydrogens (tertiary/aromatic N) is 2. The Kier molecular flexibility index (Phi) is 11.5. The summed E-state index contributed by atoms with van der Waals surface area (Å²) in [5, 5.41) is 3.02. The van der Waals surface area contributed by atoms with Crippen LogP contribution in [0.5, 0.6) is 0 Å². The number of hydrogen-bond donors (Lipinski definition) is 1. The average molecular weight is 564 g/mol. The zero-order valence-corrected chi connectivity index (χ0v) is 24.7. The lowest BCUT2D eigenvalue weighted by Gasteiger charge is -2.32. The summed E-state index contributed by atoms with van der Waals surface area (Å²) in [4.78, 5) is 29.2. The standard InChI is InChI=1S/C32H41N3O4S/c1-25(2)23-33-32(37)30(22-27-12-7-5-8-13-27)35(24-28-19-17-26(3)18-20-28)31(36)16-11-21-34(4)40(38,39)29-14-9-6-10-15-29/h5-10,12-15,17-20,25,30H,11,16,21-24H2,1-4H3,(H,33,37)/t30-/m0/s1. The van der Waals surface area contributed by atoms with Crippen molar-refractivity contribution in [3.63, 3.8) is 0 Å². The number of rotatable bonds is 14. The van der Waals surface area contributed by atoms with Crippen LogP contribution < -0.4 is 5.32 Å². The molecule has 0 saturated carbocycles. The Balaban J connectivity index is 1.81. The van der Waals surface area contributed by atoms with Crippen molar-refractivity contribution in [3.8, 4) is 0 Å². The molecule has 1 N–H and O–H groups in total. The molecule has 3 aromatic rings. The van der Waals surface area contributed by atoms with E-state index in [4.69, 9.17) is 0 Å². The van der Waals surface area contributed by atoms with Crippen molar-refractivity contribution in [2.75, 3.05) is 20.1 Å². The molecule has 3 rings (SSSR count). The van der Waals surface area contributed by atoms with Crippen LogP contribution >= 0.6 is 0 Å². The molecule has 1 atom stereocenters. The molecule has 214 valence electrons. The average Bonchev–Trinajstić information content (AvgIpc) is 2.95. The summed E-state index contributed by atoms with van der Waals surface area (Å²) < 4.78 is 27.1. The van der Waals surface area contributed by atoms with Crippen molar-refractivity contribution in [1.82, 2.24) is 14.5 Å². The molecule has 0 heterocycles. The fourth-order valence-electron chi connectivity index (χ4n) is 4.36. The lowest BCUT2D eigenvalue weighted by atomic mass is 10.0. The second kappa shape index (κ2) is 14.8. The molecule has 0 fully saturated rings. The first-order valence-electron chi connectivity index (χ1n) is 13.8. The number of benzene rings is 3. The first kappa shape index (κ1) is 31.0.